The van der Waals surface area contributed by atoms with Gasteiger partial charge in [0.05, 0.1) is 17.3 Å². The van der Waals surface area contributed by atoms with E-state index in [-0.39, 0.29) is 11.3 Å². The lowest BCUT2D eigenvalue weighted by Crippen LogP contribution is -2.58. The SMILES string of the molecule is CC12CC3CC(C)(C1)CC(C(=O)Nc1ccc(N)nc1)(C3)C2. The highest BCUT2D eigenvalue weighted by molar-refractivity contribution is 5.95. The van der Waals surface area contributed by atoms with Crippen LogP contribution in [0, 0.1) is 22.2 Å². The molecule has 4 aliphatic carbocycles. The first-order valence-corrected chi connectivity index (χ1v) is 8.33. The van der Waals surface area contributed by atoms with E-state index in [2.05, 4.69) is 24.1 Å². The predicted molar refractivity (Wildman–Crippen MR) is 87.1 cm³/mol. The number of hydrogen-bond acceptors (Lipinski definition) is 3. The number of aromatic nitrogens is 1. The minimum absolute atomic E-state index is 0.176. The number of nitrogens with one attached hydrogen (secondary N) is 1. The average molecular weight is 299 g/mol. The fraction of sp³-hybridized carbons (Fsp3) is 0.667. The molecule has 4 saturated carbocycles. The maximum absolute atomic E-state index is 13.1. The smallest absolute Gasteiger partial charge is 0.230 e. The summed E-state index contributed by atoms with van der Waals surface area (Å²) in [6, 6.07) is 3.57. The van der Waals surface area contributed by atoms with E-state index in [1.807, 2.05) is 6.07 Å². The van der Waals surface area contributed by atoms with E-state index in [1.165, 1.54) is 19.3 Å². The van der Waals surface area contributed by atoms with Crippen molar-refractivity contribution in [2.45, 2.75) is 52.4 Å². The molecule has 0 spiro atoms. The van der Waals surface area contributed by atoms with Crippen LogP contribution >= 0.6 is 0 Å². The third-order valence-electron chi connectivity index (χ3n) is 6.15. The van der Waals surface area contributed by atoms with Gasteiger partial charge in [0.15, 0.2) is 0 Å². The molecule has 1 heterocycles. The molecule has 4 fully saturated rings. The number of pyridine rings is 1. The first-order valence-electron chi connectivity index (χ1n) is 8.33. The zero-order chi connectivity index (χ0) is 15.6. The zero-order valence-electron chi connectivity index (χ0n) is 13.5. The van der Waals surface area contributed by atoms with Crippen LogP contribution in [0.25, 0.3) is 0 Å². The van der Waals surface area contributed by atoms with Gasteiger partial charge in [-0.1, -0.05) is 13.8 Å². The lowest BCUT2D eigenvalue weighted by molar-refractivity contribution is -0.165. The maximum atomic E-state index is 13.1. The van der Waals surface area contributed by atoms with Crippen LogP contribution in [0.1, 0.15) is 52.4 Å². The molecule has 5 rings (SSSR count). The van der Waals surface area contributed by atoms with Gasteiger partial charge in [0.1, 0.15) is 5.82 Å². The molecule has 0 radical (unpaired) electrons. The zero-order valence-corrected chi connectivity index (χ0v) is 13.5. The van der Waals surface area contributed by atoms with Crippen molar-refractivity contribution in [3.05, 3.63) is 18.3 Å². The number of anilines is 2. The van der Waals surface area contributed by atoms with Crippen molar-refractivity contribution in [3.8, 4) is 0 Å². The normalized spacial score (nSPS) is 42.4. The molecule has 1 aromatic rings. The Hall–Kier alpha value is -1.58. The second-order valence-corrected chi connectivity index (χ2v) is 8.84. The van der Waals surface area contributed by atoms with Crippen LogP contribution in [-0.2, 0) is 4.79 Å². The Labute approximate surface area is 131 Å². The molecular formula is C18H25N3O. The molecule has 4 bridgehead atoms. The number of amides is 1. The molecule has 118 valence electrons. The monoisotopic (exact) mass is 299 g/mol. The third-order valence-corrected chi connectivity index (χ3v) is 6.15. The summed E-state index contributed by atoms with van der Waals surface area (Å²) in [6.45, 7) is 4.78. The number of nitrogen functional groups attached to an aromatic ring is 1. The van der Waals surface area contributed by atoms with Gasteiger partial charge in [0, 0.05) is 0 Å². The van der Waals surface area contributed by atoms with E-state index in [0.717, 1.165) is 30.9 Å². The van der Waals surface area contributed by atoms with Crippen molar-refractivity contribution in [3.63, 3.8) is 0 Å². The summed E-state index contributed by atoms with van der Waals surface area (Å²) in [7, 11) is 0. The quantitative estimate of drug-likeness (QED) is 0.876. The van der Waals surface area contributed by atoms with Crippen molar-refractivity contribution in [2.75, 3.05) is 11.1 Å². The van der Waals surface area contributed by atoms with E-state index < -0.39 is 0 Å². The van der Waals surface area contributed by atoms with Gasteiger partial charge < -0.3 is 11.1 Å². The van der Waals surface area contributed by atoms with Gasteiger partial charge in [0.25, 0.3) is 0 Å². The highest BCUT2D eigenvalue weighted by atomic mass is 16.2. The van der Waals surface area contributed by atoms with E-state index >= 15 is 0 Å². The molecule has 3 N–H and O–H groups in total. The summed E-state index contributed by atoms with van der Waals surface area (Å²) in [5.74, 6) is 1.40. The lowest BCUT2D eigenvalue weighted by atomic mass is 9.40. The summed E-state index contributed by atoms with van der Waals surface area (Å²) in [6.07, 6.45) is 8.70. The fourth-order valence-electron chi connectivity index (χ4n) is 6.44. The molecule has 4 heteroatoms. The Kier molecular flexibility index (Phi) is 2.71. The molecule has 0 aromatic carbocycles. The number of nitrogens with zero attached hydrogens (tertiary/aromatic N) is 1. The topological polar surface area (TPSA) is 68.0 Å². The minimum atomic E-state index is -0.176. The molecule has 0 saturated heterocycles. The van der Waals surface area contributed by atoms with Gasteiger partial charge in [0.2, 0.25) is 5.91 Å². The summed E-state index contributed by atoms with van der Waals surface area (Å²) in [5.41, 5.74) is 6.90. The van der Waals surface area contributed by atoms with E-state index in [4.69, 9.17) is 5.73 Å². The van der Waals surface area contributed by atoms with Crippen molar-refractivity contribution >= 4 is 17.4 Å². The average Bonchev–Trinajstić information content (AvgIpc) is 2.37. The van der Waals surface area contributed by atoms with Crippen LogP contribution in [0.2, 0.25) is 0 Å². The van der Waals surface area contributed by atoms with Crippen molar-refractivity contribution in [1.29, 1.82) is 0 Å². The van der Waals surface area contributed by atoms with Gasteiger partial charge in [-0.05, 0) is 67.4 Å². The Morgan fingerprint density at radius 3 is 2.41 bits per heavy atom. The predicted octanol–water partition coefficient (Wildman–Crippen LogP) is 3.60. The molecule has 0 aliphatic heterocycles. The maximum Gasteiger partial charge on any atom is 0.230 e. The van der Waals surface area contributed by atoms with Crippen LogP contribution in [-0.4, -0.2) is 10.9 Å². The third kappa shape index (κ3) is 2.11. The molecule has 4 aliphatic rings. The van der Waals surface area contributed by atoms with Crippen LogP contribution in [0.15, 0.2) is 18.3 Å². The second kappa shape index (κ2) is 4.24. The minimum Gasteiger partial charge on any atom is -0.384 e. The summed E-state index contributed by atoms with van der Waals surface area (Å²) in [5, 5.41) is 3.10. The highest BCUT2D eigenvalue weighted by Gasteiger charge is 2.62. The Morgan fingerprint density at radius 1 is 1.18 bits per heavy atom. The number of carbonyl (C=O) groups is 1. The van der Waals surface area contributed by atoms with E-state index in [0.29, 0.717) is 16.6 Å². The number of nitrogens with two attached hydrogens (primary N) is 1. The number of carbonyl (C=O) groups excluding carboxylic acids is 1. The molecule has 4 nitrogen and oxygen atoms in total. The molecule has 1 amide bonds. The van der Waals surface area contributed by atoms with Crippen molar-refractivity contribution in [1.82, 2.24) is 4.98 Å². The number of rotatable bonds is 2. The molecule has 2 unspecified atom stereocenters. The Balaban J connectivity index is 1.61. The van der Waals surface area contributed by atoms with Gasteiger partial charge in [-0.25, -0.2) is 4.98 Å². The lowest BCUT2D eigenvalue weighted by Gasteiger charge is -2.64. The first kappa shape index (κ1) is 14.0. The van der Waals surface area contributed by atoms with Crippen molar-refractivity contribution in [2.24, 2.45) is 22.2 Å². The Morgan fingerprint density at radius 2 is 1.86 bits per heavy atom. The van der Waals surface area contributed by atoms with Crippen LogP contribution < -0.4 is 11.1 Å². The van der Waals surface area contributed by atoms with Gasteiger partial charge in [-0.2, -0.15) is 0 Å². The molecule has 1 aromatic heterocycles. The molecule has 2 atom stereocenters. The van der Waals surface area contributed by atoms with Gasteiger partial charge in [-0.15, -0.1) is 0 Å². The first-order chi connectivity index (χ1) is 10.3. The van der Waals surface area contributed by atoms with Gasteiger partial charge >= 0.3 is 0 Å². The van der Waals surface area contributed by atoms with Crippen LogP contribution in [0.3, 0.4) is 0 Å². The summed E-state index contributed by atoms with van der Waals surface area (Å²) >= 11 is 0. The number of hydrogen-bond donors (Lipinski definition) is 2. The molecular weight excluding hydrogens is 274 g/mol. The Bertz CT molecular complexity index is 606. The second-order valence-electron chi connectivity index (χ2n) is 8.84. The van der Waals surface area contributed by atoms with Crippen molar-refractivity contribution < 1.29 is 4.79 Å². The summed E-state index contributed by atoms with van der Waals surface area (Å²) in [4.78, 5) is 17.1. The van der Waals surface area contributed by atoms with Crippen LogP contribution in [0.4, 0.5) is 11.5 Å². The summed E-state index contributed by atoms with van der Waals surface area (Å²) < 4.78 is 0. The molecule has 22 heavy (non-hydrogen) atoms. The fourth-order valence-corrected chi connectivity index (χ4v) is 6.44. The van der Waals surface area contributed by atoms with Gasteiger partial charge in [-0.3, -0.25) is 4.79 Å². The van der Waals surface area contributed by atoms with Crippen LogP contribution in [0.5, 0.6) is 0 Å². The highest BCUT2D eigenvalue weighted by Crippen LogP contribution is 2.69. The largest absolute Gasteiger partial charge is 0.384 e. The standard InChI is InChI=1S/C18H25N3O/c1-16-5-12-6-17(2,9-16)11-18(7-12,10-16)15(22)21-13-3-4-14(19)20-8-13/h3-4,8,12H,5-7,9-11H2,1-2H3,(H2,19,20)(H,21,22). The van der Waals surface area contributed by atoms with E-state index in [1.54, 1.807) is 12.3 Å². The van der Waals surface area contributed by atoms with E-state index in [9.17, 15) is 4.79 Å².